The zero-order valence-corrected chi connectivity index (χ0v) is 14.2. The Morgan fingerprint density at radius 1 is 1.13 bits per heavy atom. The number of hydrogen-bond acceptors (Lipinski definition) is 5. The Balaban J connectivity index is 1.63. The van der Waals surface area contributed by atoms with E-state index in [4.69, 9.17) is 11.6 Å². The number of nitrogens with one attached hydrogen (secondary N) is 1. The Hall–Kier alpha value is -1.34. The number of carbonyl (C=O) groups is 2. The van der Waals surface area contributed by atoms with E-state index in [2.05, 4.69) is 10.2 Å². The highest BCUT2D eigenvalue weighted by atomic mass is 35.5. The van der Waals surface area contributed by atoms with Gasteiger partial charge < -0.3 is 5.32 Å². The standard InChI is InChI=1S/C16H18ClN3O2S/c17-13-3-1-12(2-4-13)11-14-15(21)20(16(22)23-14)10-9-19-7-5-18-6-8-19/h1-4,11,18H,5-10H2. The number of hydrogen-bond donors (Lipinski definition) is 1. The quantitative estimate of drug-likeness (QED) is 0.843. The third kappa shape index (κ3) is 4.14. The number of imide groups is 1. The maximum absolute atomic E-state index is 12.4. The van der Waals surface area contributed by atoms with Crippen LogP contribution in [-0.4, -0.2) is 60.2 Å². The molecule has 3 rings (SSSR count). The van der Waals surface area contributed by atoms with Crippen molar-refractivity contribution in [1.82, 2.24) is 15.1 Å². The van der Waals surface area contributed by atoms with Crippen molar-refractivity contribution in [2.24, 2.45) is 0 Å². The first kappa shape index (κ1) is 16.5. The summed E-state index contributed by atoms with van der Waals surface area (Å²) in [5.74, 6) is -0.204. The molecular formula is C16H18ClN3O2S. The SMILES string of the molecule is O=C1SC(=Cc2ccc(Cl)cc2)C(=O)N1CCN1CCNCC1. The van der Waals surface area contributed by atoms with Crippen LogP contribution in [0.4, 0.5) is 4.79 Å². The summed E-state index contributed by atoms with van der Waals surface area (Å²) in [6.45, 7) is 5.00. The van der Waals surface area contributed by atoms with Crippen LogP contribution in [0.15, 0.2) is 29.2 Å². The topological polar surface area (TPSA) is 52.7 Å². The number of amides is 2. The Kier molecular flexibility index (Phi) is 5.38. The van der Waals surface area contributed by atoms with Crippen LogP contribution in [0.1, 0.15) is 5.56 Å². The molecule has 0 saturated carbocycles. The smallest absolute Gasteiger partial charge is 0.293 e. The van der Waals surface area contributed by atoms with E-state index in [9.17, 15) is 9.59 Å². The minimum Gasteiger partial charge on any atom is -0.314 e. The molecule has 0 radical (unpaired) electrons. The minimum atomic E-state index is -0.204. The van der Waals surface area contributed by atoms with Crippen LogP contribution in [0.2, 0.25) is 5.02 Å². The van der Waals surface area contributed by atoms with Gasteiger partial charge in [0.15, 0.2) is 0 Å². The van der Waals surface area contributed by atoms with Crippen LogP contribution in [0.5, 0.6) is 0 Å². The number of thioether (sulfide) groups is 1. The van der Waals surface area contributed by atoms with Gasteiger partial charge in [-0.25, -0.2) is 0 Å². The molecule has 0 aliphatic carbocycles. The zero-order chi connectivity index (χ0) is 16.2. The van der Waals surface area contributed by atoms with Crippen molar-refractivity contribution in [2.45, 2.75) is 0 Å². The fourth-order valence-electron chi connectivity index (χ4n) is 2.58. The summed E-state index contributed by atoms with van der Waals surface area (Å²) < 4.78 is 0. The third-order valence-electron chi connectivity index (χ3n) is 3.89. The molecule has 0 atom stereocenters. The van der Waals surface area contributed by atoms with Crippen LogP contribution in [-0.2, 0) is 4.79 Å². The highest BCUT2D eigenvalue weighted by Gasteiger charge is 2.34. The van der Waals surface area contributed by atoms with Gasteiger partial charge in [-0.05, 0) is 35.5 Å². The van der Waals surface area contributed by atoms with Crippen molar-refractivity contribution in [2.75, 3.05) is 39.3 Å². The third-order valence-corrected chi connectivity index (χ3v) is 5.05. The number of halogens is 1. The largest absolute Gasteiger partial charge is 0.314 e. The van der Waals surface area contributed by atoms with Gasteiger partial charge in [0.25, 0.3) is 11.1 Å². The number of carbonyl (C=O) groups excluding carboxylic acids is 2. The van der Waals surface area contributed by atoms with Crippen molar-refractivity contribution in [3.05, 3.63) is 39.8 Å². The Labute approximate surface area is 144 Å². The van der Waals surface area contributed by atoms with E-state index in [-0.39, 0.29) is 11.1 Å². The Morgan fingerprint density at radius 3 is 2.52 bits per heavy atom. The average Bonchev–Trinajstić information content (AvgIpc) is 2.82. The summed E-state index contributed by atoms with van der Waals surface area (Å²) in [5, 5.41) is 3.74. The molecule has 5 nitrogen and oxygen atoms in total. The Bertz CT molecular complexity index is 627. The molecule has 122 valence electrons. The van der Waals surface area contributed by atoms with Gasteiger partial charge in [0, 0.05) is 44.3 Å². The first-order chi connectivity index (χ1) is 11.1. The van der Waals surface area contributed by atoms with E-state index in [1.54, 1.807) is 18.2 Å². The van der Waals surface area contributed by atoms with E-state index in [1.807, 2.05) is 12.1 Å². The van der Waals surface area contributed by atoms with Gasteiger partial charge in [-0.3, -0.25) is 19.4 Å². The summed E-state index contributed by atoms with van der Waals surface area (Å²) in [6.07, 6.45) is 1.74. The van der Waals surface area contributed by atoms with Crippen molar-refractivity contribution in [3.8, 4) is 0 Å². The van der Waals surface area contributed by atoms with Gasteiger partial charge in [0.05, 0.1) is 4.91 Å². The second-order valence-corrected chi connectivity index (χ2v) is 6.91. The van der Waals surface area contributed by atoms with E-state index >= 15 is 0 Å². The van der Waals surface area contributed by atoms with Gasteiger partial charge in [0.1, 0.15) is 0 Å². The molecule has 2 aliphatic heterocycles. The minimum absolute atomic E-state index is 0.189. The van der Waals surface area contributed by atoms with Crippen molar-refractivity contribution < 1.29 is 9.59 Å². The first-order valence-corrected chi connectivity index (χ1v) is 8.77. The Morgan fingerprint density at radius 2 is 1.83 bits per heavy atom. The predicted octanol–water partition coefficient (Wildman–Crippen LogP) is 2.28. The normalized spacial score (nSPS) is 21.4. The van der Waals surface area contributed by atoms with Crippen molar-refractivity contribution >= 4 is 40.6 Å². The molecule has 2 amide bonds. The highest BCUT2D eigenvalue weighted by molar-refractivity contribution is 8.18. The monoisotopic (exact) mass is 351 g/mol. The van der Waals surface area contributed by atoms with Crippen LogP contribution in [0, 0.1) is 0 Å². The lowest BCUT2D eigenvalue weighted by molar-refractivity contribution is -0.122. The summed E-state index contributed by atoms with van der Waals surface area (Å²) in [6, 6.07) is 7.19. The molecule has 23 heavy (non-hydrogen) atoms. The molecule has 0 spiro atoms. The second-order valence-electron chi connectivity index (χ2n) is 5.48. The fraction of sp³-hybridized carbons (Fsp3) is 0.375. The summed E-state index contributed by atoms with van der Waals surface area (Å²) in [7, 11) is 0. The lowest BCUT2D eigenvalue weighted by atomic mass is 10.2. The molecular weight excluding hydrogens is 334 g/mol. The molecule has 2 saturated heterocycles. The maximum atomic E-state index is 12.4. The zero-order valence-electron chi connectivity index (χ0n) is 12.6. The number of rotatable bonds is 4. The lowest BCUT2D eigenvalue weighted by Crippen LogP contribution is -2.46. The molecule has 2 fully saturated rings. The highest BCUT2D eigenvalue weighted by Crippen LogP contribution is 2.32. The molecule has 0 bridgehead atoms. The molecule has 2 aliphatic rings. The van der Waals surface area contributed by atoms with E-state index in [0.717, 1.165) is 50.0 Å². The predicted molar refractivity (Wildman–Crippen MR) is 93.4 cm³/mol. The van der Waals surface area contributed by atoms with E-state index in [1.165, 1.54) is 4.90 Å². The van der Waals surface area contributed by atoms with E-state index in [0.29, 0.717) is 16.5 Å². The molecule has 7 heteroatoms. The van der Waals surface area contributed by atoms with Crippen LogP contribution < -0.4 is 5.32 Å². The second kappa shape index (κ2) is 7.49. The molecule has 0 unspecified atom stereocenters. The molecule has 2 heterocycles. The van der Waals surface area contributed by atoms with Gasteiger partial charge in [-0.15, -0.1) is 0 Å². The molecule has 1 aromatic rings. The van der Waals surface area contributed by atoms with Crippen molar-refractivity contribution in [1.29, 1.82) is 0 Å². The maximum Gasteiger partial charge on any atom is 0.293 e. The molecule has 1 N–H and O–H groups in total. The van der Waals surface area contributed by atoms with Crippen molar-refractivity contribution in [3.63, 3.8) is 0 Å². The summed E-state index contributed by atoms with van der Waals surface area (Å²) >= 11 is 6.86. The summed E-state index contributed by atoms with van der Waals surface area (Å²) in [5.41, 5.74) is 0.863. The molecule has 0 aromatic heterocycles. The number of benzene rings is 1. The van der Waals surface area contributed by atoms with Crippen LogP contribution in [0.3, 0.4) is 0 Å². The van der Waals surface area contributed by atoms with Gasteiger partial charge in [-0.2, -0.15) is 0 Å². The van der Waals surface area contributed by atoms with Crippen LogP contribution >= 0.6 is 23.4 Å². The number of nitrogens with zero attached hydrogens (tertiary/aromatic N) is 2. The number of piperazine rings is 1. The average molecular weight is 352 g/mol. The van der Waals surface area contributed by atoms with Gasteiger partial charge in [0.2, 0.25) is 0 Å². The lowest BCUT2D eigenvalue weighted by Gasteiger charge is -2.28. The first-order valence-electron chi connectivity index (χ1n) is 7.57. The van der Waals surface area contributed by atoms with E-state index < -0.39 is 0 Å². The van der Waals surface area contributed by atoms with Gasteiger partial charge in [-0.1, -0.05) is 23.7 Å². The van der Waals surface area contributed by atoms with Crippen LogP contribution in [0.25, 0.3) is 6.08 Å². The molecule has 1 aromatic carbocycles. The summed E-state index contributed by atoms with van der Waals surface area (Å²) in [4.78, 5) is 28.6. The fourth-order valence-corrected chi connectivity index (χ4v) is 3.57. The van der Waals surface area contributed by atoms with Gasteiger partial charge >= 0.3 is 0 Å².